The summed E-state index contributed by atoms with van der Waals surface area (Å²) in [5.41, 5.74) is 0.645. The molecule has 0 aliphatic rings. The molecule has 0 aromatic heterocycles. The van der Waals surface area contributed by atoms with Gasteiger partial charge in [-0.05, 0) is 6.07 Å². The zero-order valence-electron chi connectivity index (χ0n) is 12.3. The molecule has 1 rings (SSSR count). The quantitative estimate of drug-likeness (QED) is 0.600. The van der Waals surface area contributed by atoms with Crippen LogP contribution in [0.1, 0.15) is 5.56 Å². The van der Waals surface area contributed by atoms with Crippen molar-refractivity contribution >= 4 is 17.8 Å². The summed E-state index contributed by atoms with van der Waals surface area (Å²) in [4.78, 5) is 33.3. The first-order valence-electron chi connectivity index (χ1n) is 6.42. The van der Waals surface area contributed by atoms with Crippen molar-refractivity contribution in [1.82, 2.24) is 10.6 Å². The van der Waals surface area contributed by atoms with Crippen LogP contribution in [-0.2, 0) is 20.8 Å². The van der Waals surface area contributed by atoms with E-state index in [2.05, 4.69) is 10.6 Å². The maximum Gasteiger partial charge on any atom is 0.322 e. The molecule has 0 aliphatic heterocycles. The topological polar surface area (TPSA) is 114 Å². The van der Waals surface area contributed by atoms with E-state index in [-0.39, 0.29) is 18.9 Å². The van der Waals surface area contributed by atoms with Crippen molar-refractivity contribution < 1.29 is 29.0 Å². The minimum atomic E-state index is -1.15. The lowest BCUT2D eigenvalue weighted by atomic mass is 10.1. The SMILES string of the molecule is COc1ccc(CC(=O)NCC(=O)NCC(=O)O)c(OC)c1. The molecule has 1 aromatic carbocycles. The van der Waals surface area contributed by atoms with Gasteiger partial charge in [0.2, 0.25) is 11.8 Å². The van der Waals surface area contributed by atoms with E-state index in [0.29, 0.717) is 17.1 Å². The lowest BCUT2D eigenvalue weighted by Gasteiger charge is -2.10. The predicted octanol–water partition coefficient (Wildman–Crippen LogP) is -0.437. The van der Waals surface area contributed by atoms with Crippen molar-refractivity contribution in [3.8, 4) is 11.5 Å². The first-order chi connectivity index (χ1) is 10.5. The van der Waals surface area contributed by atoms with Crippen LogP contribution in [-0.4, -0.2) is 50.2 Å². The minimum absolute atomic E-state index is 0.0272. The summed E-state index contributed by atoms with van der Waals surface area (Å²) in [6.45, 7) is -0.772. The van der Waals surface area contributed by atoms with E-state index in [4.69, 9.17) is 14.6 Å². The molecule has 120 valence electrons. The highest BCUT2D eigenvalue weighted by Crippen LogP contribution is 2.24. The Balaban J connectivity index is 2.51. The molecule has 0 saturated carbocycles. The molecule has 0 heterocycles. The summed E-state index contributed by atoms with van der Waals surface area (Å²) >= 11 is 0. The fourth-order valence-electron chi connectivity index (χ4n) is 1.65. The number of hydrogen-bond donors (Lipinski definition) is 3. The fraction of sp³-hybridized carbons (Fsp3) is 0.357. The Morgan fingerprint density at radius 2 is 1.73 bits per heavy atom. The molecule has 0 radical (unpaired) electrons. The smallest absolute Gasteiger partial charge is 0.322 e. The Bertz CT molecular complexity index is 558. The third-order valence-corrected chi connectivity index (χ3v) is 2.73. The lowest BCUT2D eigenvalue weighted by Crippen LogP contribution is -2.39. The number of amides is 2. The van der Waals surface area contributed by atoms with Gasteiger partial charge >= 0.3 is 5.97 Å². The maximum atomic E-state index is 11.8. The Morgan fingerprint density at radius 3 is 2.32 bits per heavy atom. The van der Waals surface area contributed by atoms with Crippen molar-refractivity contribution in [2.45, 2.75) is 6.42 Å². The number of carboxylic acids is 1. The highest BCUT2D eigenvalue weighted by molar-refractivity contribution is 5.87. The first kappa shape index (κ1) is 17.3. The third-order valence-electron chi connectivity index (χ3n) is 2.73. The van der Waals surface area contributed by atoms with Gasteiger partial charge in [-0.15, -0.1) is 0 Å². The summed E-state index contributed by atoms with van der Waals surface area (Å²) < 4.78 is 10.2. The molecule has 22 heavy (non-hydrogen) atoms. The number of rotatable bonds is 8. The monoisotopic (exact) mass is 310 g/mol. The third kappa shape index (κ3) is 5.70. The second-order valence-electron chi connectivity index (χ2n) is 4.30. The molecule has 0 saturated heterocycles. The number of carbonyl (C=O) groups excluding carboxylic acids is 2. The van der Waals surface area contributed by atoms with Gasteiger partial charge in [0.05, 0.1) is 27.2 Å². The van der Waals surface area contributed by atoms with Gasteiger partial charge in [0.25, 0.3) is 0 Å². The van der Waals surface area contributed by atoms with Crippen molar-refractivity contribution in [3.05, 3.63) is 23.8 Å². The van der Waals surface area contributed by atoms with Crippen molar-refractivity contribution in [2.24, 2.45) is 0 Å². The minimum Gasteiger partial charge on any atom is -0.497 e. The summed E-state index contributed by atoms with van der Waals surface area (Å²) in [7, 11) is 3.01. The van der Waals surface area contributed by atoms with Gasteiger partial charge in [0.15, 0.2) is 0 Å². The average Bonchev–Trinajstić information content (AvgIpc) is 2.51. The molecule has 1 aromatic rings. The highest BCUT2D eigenvalue weighted by atomic mass is 16.5. The molecule has 0 atom stereocenters. The van der Waals surface area contributed by atoms with Gasteiger partial charge in [0, 0.05) is 11.6 Å². The number of hydrogen-bond acceptors (Lipinski definition) is 5. The van der Waals surface area contributed by atoms with E-state index in [1.165, 1.54) is 14.2 Å². The van der Waals surface area contributed by atoms with Crippen LogP contribution in [0, 0.1) is 0 Å². The van der Waals surface area contributed by atoms with Crippen molar-refractivity contribution in [1.29, 1.82) is 0 Å². The number of aliphatic carboxylic acids is 1. The van der Waals surface area contributed by atoms with E-state index in [1.54, 1.807) is 18.2 Å². The van der Waals surface area contributed by atoms with E-state index >= 15 is 0 Å². The molecule has 3 N–H and O–H groups in total. The first-order valence-corrected chi connectivity index (χ1v) is 6.42. The van der Waals surface area contributed by atoms with Crippen LogP contribution in [0.15, 0.2) is 18.2 Å². The number of nitrogens with one attached hydrogen (secondary N) is 2. The van der Waals surface area contributed by atoms with Gasteiger partial charge in [-0.25, -0.2) is 0 Å². The molecular formula is C14H18N2O6. The number of benzene rings is 1. The van der Waals surface area contributed by atoms with Gasteiger partial charge in [-0.3, -0.25) is 14.4 Å². The maximum absolute atomic E-state index is 11.8. The van der Waals surface area contributed by atoms with Crippen LogP contribution in [0.3, 0.4) is 0 Å². The molecule has 0 fully saturated rings. The van der Waals surface area contributed by atoms with Crippen molar-refractivity contribution in [3.63, 3.8) is 0 Å². The molecule has 0 aliphatic carbocycles. The number of carboxylic acid groups (broad SMARTS) is 1. The molecule has 0 spiro atoms. The highest BCUT2D eigenvalue weighted by Gasteiger charge is 2.11. The van der Waals surface area contributed by atoms with E-state index in [1.807, 2.05) is 0 Å². The van der Waals surface area contributed by atoms with Crippen LogP contribution < -0.4 is 20.1 Å². The second-order valence-corrected chi connectivity index (χ2v) is 4.30. The molecule has 0 bridgehead atoms. The van der Waals surface area contributed by atoms with Gasteiger partial charge in [0.1, 0.15) is 18.0 Å². The van der Waals surface area contributed by atoms with E-state index in [0.717, 1.165) is 0 Å². The summed E-state index contributed by atoms with van der Waals surface area (Å²) in [5, 5.41) is 13.0. The van der Waals surface area contributed by atoms with E-state index < -0.39 is 18.4 Å². The summed E-state index contributed by atoms with van der Waals surface area (Å²) in [6.07, 6.45) is 0.0272. The normalized spacial score (nSPS) is 9.73. The van der Waals surface area contributed by atoms with Crippen molar-refractivity contribution in [2.75, 3.05) is 27.3 Å². The molecule has 2 amide bonds. The molecule has 0 unspecified atom stereocenters. The van der Waals surface area contributed by atoms with Crippen LogP contribution in [0.25, 0.3) is 0 Å². The standard InChI is InChI=1S/C14H18N2O6/c1-21-10-4-3-9(11(6-10)22-2)5-12(17)15-7-13(18)16-8-14(19)20/h3-4,6H,5,7-8H2,1-2H3,(H,15,17)(H,16,18)(H,19,20). The second kappa shape index (κ2) is 8.50. The van der Waals surface area contributed by atoms with Crippen LogP contribution in [0.2, 0.25) is 0 Å². The Labute approximate surface area is 127 Å². The molecule has 8 nitrogen and oxygen atoms in total. The lowest BCUT2D eigenvalue weighted by molar-refractivity contribution is -0.137. The van der Waals surface area contributed by atoms with Gasteiger partial charge < -0.3 is 25.2 Å². The Hall–Kier alpha value is -2.77. The van der Waals surface area contributed by atoms with Gasteiger partial charge in [-0.1, -0.05) is 6.07 Å². The molecular weight excluding hydrogens is 292 g/mol. The summed E-state index contributed by atoms with van der Waals surface area (Å²) in [5.74, 6) is -0.993. The summed E-state index contributed by atoms with van der Waals surface area (Å²) in [6, 6.07) is 5.05. The predicted molar refractivity (Wildman–Crippen MR) is 76.9 cm³/mol. The average molecular weight is 310 g/mol. The zero-order chi connectivity index (χ0) is 16.5. The number of methoxy groups -OCH3 is 2. The van der Waals surface area contributed by atoms with Crippen LogP contribution in [0.5, 0.6) is 11.5 Å². The van der Waals surface area contributed by atoms with Crippen LogP contribution in [0.4, 0.5) is 0 Å². The zero-order valence-corrected chi connectivity index (χ0v) is 12.3. The Kier molecular flexibility index (Phi) is 6.68. The fourth-order valence-corrected chi connectivity index (χ4v) is 1.65. The largest absolute Gasteiger partial charge is 0.497 e. The number of carbonyl (C=O) groups is 3. The van der Waals surface area contributed by atoms with Gasteiger partial charge in [-0.2, -0.15) is 0 Å². The van der Waals surface area contributed by atoms with Crippen LogP contribution >= 0.6 is 0 Å². The number of ether oxygens (including phenoxy) is 2. The Morgan fingerprint density at radius 1 is 1.05 bits per heavy atom. The van der Waals surface area contributed by atoms with E-state index in [9.17, 15) is 14.4 Å². The molecule has 8 heteroatoms.